The number of ether oxygens (including phenoxy) is 2. The number of carbonyl (C=O) groups is 2. The molecule has 0 heterocycles. The van der Waals surface area contributed by atoms with Crippen LogP contribution in [0.4, 0.5) is 0 Å². The lowest BCUT2D eigenvalue weighted by molar-refractivity contribution is -0.153. The normalized spacial score (nSPS) is 11.9. The largest absolute Gasteiger partial charge is 0.466 e. The summed E-state index contributed by atoms with van der Waals surface area (Å²) >= 11 is 0. The van der Waals surface area contributed by atoms with E-state index in [1.807, 2.05) is 13.8 Å². The number of rotatable bonds is 11. The number of esters is 2. The molecule has 4 heteroatoms. The Labute approximate surface area is 116 Å². The van der Waals surface area contributed by atoms with Crippen molar-refractivity contribution < 1.29 is 19.1 Å². The van der Waals surface area contributed by atoms with Crippen molar-refractivity contribution in [3.63, 3.8) is 0 Å². The summed E-state index contributed by atoms with van der Waals surface area (Å²) in [7, 11) is 0. The first-order chi connectivity index (χ1) is 9.10. The standard InChI is InChI=1S/C15H28O4/c1-4-6-7-8-9-12-18-14(16)10-11-15(17)19-13(3)5-2/h13H,4-12H2,1-3H3. The average Bonchev–Trinajstić information content (AvgIpc) is 2.40. The number of carbonyl (C=O) groups excluding carboxylic acids is 2. The molecule has 0 aromatic heterocycles. The molecule has 0 saturated heterocycles. The van der Waals surface area contributed by atoms with Gasteiger partial charge in [-0.15, -0.1) is 0 Å². The van der Waals surface area contributed by atoms with Crippen molar-refractivity contribution in [2.24, 2.45) is 0 Å². The molecular formula is C15H28O4. The predicted molar refractivity (Wildman–Crippen MR) is 74.8 cm³/mol. The zero-order valence-electron chi connectivity index (χ0n) is 12.6. The highest BCUT2D eigenvalue weighted by atomic mass is 16.5. The molecule has 0 aromatic carbocycles. The fourth-order valence-electron chi connectivity index (χ4n) is 1.53. The predicted octanol–water partition coefficient (Wildman–Crippen LogP) is 3.62. The van der Waals surface area contributed by atoms with Crippen LogP contribution in [0.25, 0.3) is 0 Å². The molecule has 1 atom stereocenters. The highest BCUT2D eigenvalue weighted by molar-refractivity contribution is 5.77. The van der Waals surface area contributed by atoms with Gasteiger partial charge in [0.25, 0.3) is 0 Å². The van der Waals surface area contributed by atoms with Crippen LogP contribution >= 0.6 is 0 Å². The van der Waals surface area contributed by atoms with Crippen molar-refractivity contribution in [3.05, 3.63) is 0 Å². The van der Waals surface area contributed by atoms with E-state index in [1.165, 1.54) is 19.3 Å². The average molecular weight is 272 g/mol. The van der Waals surface area contributed by atoms with Gasteiger partial charge in [0.05, 0.1) is 25.6 Å². The van der Waals surface area contributed by atoms with E-state index in [9.17, 15) is 9.59 Å². The first-order valence-electron chi connectivity index (χ1n) is 7.45. The second-order valence-corrected chi connectivity index (χ2v) is 4.84. The molecule has 0 spiro atoms. The molecule has 0 aliphatic heterocycles. The molecular weight excluding hydrogens is 244 g/mol. The Kier molecular flexibility index (Phi) is 11.3. The maximum Gasteiger partial charge on any atom is 0.306 e. The van der Waals surface area contributed by atoms with E-state index in [1.54, 1.807) is 0 Å². The quantitative estimate of drug-likeness (QED) is 0.426. The van der Waals surface area contributed by atoms with Crippen LogP contribution in [-0.4, -0.2) is 24.6 Å². The van der Waals surface area contributed by atoms with Crippen molar-refractivity contribution in [2.75, 3.05) is 6.61 Å². The van der Waals surface area contributed by atoms with E-state index in [0.29, 0.717) is 6.61 Å². The molecule has 0 aliphatic carbocycles. The second-order valence-electron chi connectivity index (χ2n) is 4.84. The van der Waals surface area contributed by atoms with Crippen molar-refractivity contribution in [2.45, 2.75) is 78.2 Å². The Hall–Kier alpha value is -1.06. The molecule has 112 valence electrons. The van der Waals surface area contributed by atoms with E-state index < -0.39 is 0 Å². The molecule has 0 rings (SSSR count). The van der Waals surface area contributed by atoms with E-state index in [4.69, 9.17) is 9.47 Å². The molecule has 0 saturated carbocycles. The minimum absolute atomic E-state index is 0.0814. The summed E-state index contributed by atoms with van der Waals surface area (Å²) in [6.07, 6.45) is 6.56. The van der Waals surface area contributed by atoms with E-state index in [2.05, 4.69) is 6.92 Å². The third-order valence-electron chi connectivity index (χ3n) is 2.95. The smallest absolute Gasteiger partial charge is 0.306 e. The lowest BCUT2D eigenvalue weighted by Crippen LogP contribution is -2.15. The summed E-state index contributed by atoms with van der Waals surface area (Å²) in [6.45, 7) is 6.42. The van der Waals surface area contributed by atoms with Crippen LogP contribution in [0.2, 0.25) is 0 Å². The van der Waals surface area contributed by atoms with Crippen molar-refractivity contribution in [3.8, 4) is 0 Å². The van der Waals surface area contributed by atoms with Crippen LogP contribution in [-0.2, 0) is 19.1 Å². The van der Waals surface area contributed by atoms with Gasteiger partial charge in [-0.25, -0.2) is 0 Å². The molecule has 1 unspecified atom stereocenters. The Morgan fingerprint density at radius 2 is 1.58 bits per heavy atom. The van der Waals surface area contributed by atoms with Gasteiger partial charge in [-0.2, -0.15) is 0 Å². The zero-order valence-corrected chi connectivity index (χ0v) is 12.6. The first kappa shape index (κ1) is 17.9. The summed E-state index contributed by atoms with van der Waals surface area (Å²) in [5.74, 6) is -0.633. The van der Waals surface area contributed by atoms with Crippen LogP contribution < -0.4 is 0 Å². The van der Waals surface area contributed by atoms with Gasteiger partial charge in [0.1, 0.15) is 0 Å². The van der Waals surface area contributed by atoms with Crippen molar-refractivity contribution >= 4 is 11.9 Å². The second kappa shape index (κ2) is 12.0. The zero-order chi connectivity index (χ0) is 14.5. The number of hydrogen-bond donors (Lipinski definition) is 0. The molecule has 19 heavy (non-hydrogen) atoms. The van der Waals surface area contributed by atoms with Crippen molar-refractivity contribution in [1.82, 2.24) is 0 Å². The molecule has 0 N–H and O–H groups in total. The molecule has 0 radical (unpaired) electrons. The van der Waals surface area contributed by atoms with Gasteiger partial charge in [-0.05, 0) is 19.8 Å². The van der Waals surface area contributed by atoms with Gasteiger partial charge in [0, 0.05) is 0 Å². The maximum absolute atomic E-state index is 11.4. The lowest BCUT2D eigenvalue weighted by Gasteiger charge is -2.10. The Bertz CT molecular complexity index is 251. The van der Waals surface area contributed by atoms with Gasteiger partial charge in [0.2, 0.25) is 0 Å². The van der Waals surface area contributed by atoms with Gasteiger partial charge >= 0.3 is 11.9 Å². The van der Waals surface area contributed by atoms with Crippen LogP contribution in [0.5, 0.6) is 0 Å². The van der Waals surface area contributed by atoms with E-state index in [0.717, 1.165) is 19.3 Å². The number of hydrogen-bond acceptors (Lipinski definition) is 4. The molecule has 0 aromatic rings. The monoisotopic (exact) mass is 272 g/mol. The number of unbranched alkanes of at least 4 members (excludes halogenated alkanes) is 4. The first-order valence-corrected chi connectivity index (χ1v) is 7.45. The van der Waals surface area contributed by atoms with Gasteiger partial charge < -0.3 is 9.47 Å². The Morgan fingerprint density at radius 1 is 0.947 bits per heavy atom. The fourth-order valence-corrected chi connectivity index (χ4v) is 1.53. The minimum atomic E-state index is -0.325. The van der Waals surface area contributed by atoms with Crippen LogP contribution in [0.1, 0.15) is 72.1 Å². The lowest BCUT2D eigenvalue weighted by atomic mass is 10.2. The fraction of sp³-hybridized carbons (Fsp3) is 0.867. The molecule has 4 nitrogen and oxygen atoms in total. The molecule has 0 bridgehead atoms. The Morgan fingerprint density at radius 3 is 2.21 bits per heavy atom. The summed E-state index contributed by atoms with van der Waals surface area (Å²) in [5, 5.41) is 0. The maximum atomic E-state index is 11.4. The summed E-state index contributed by atoms with van der Waals surface area (Å²) < 4.78 is 10.1. The summed E-state index contributed by atoms with van der Waals surface area (Å²) in [6, 6.07) is 0. The van der Waals surface area contributed by atoms with Crippen LogP contribution in [0, 0.1) is 0 Å². The third kappa shape index (κ3) is 11.7. The van der Waals surface area contributed by atoms with Gasteiger partial charge in [0.15, 0.2) is 0 Å². The van der Waals surface area contributed by atoms with Gasteiger partial charge in [-0.1, -0.05) is 39.5 Å². The minimum Gasteiger partial charge on any atom is -0.466 e. The molecule has 0 fully saturated rings. The summed E-state index contributed by atoms with van der Waals surface area (Å²) in [4.78, 5) is 22.7. The third-order valence-corrected chi connectivity index (χ3v) is 2.95. The summed E-state index contributed by atoms with van der Waals surface area (Å²) in [5.41, 5.74) is 0. The van der Waals surface area contributed by atoms with E-state index >= 15 is 0 Å². The Balaban J connectivity index is 3.46. The van der Waals surface area contributed by atoms with Crippen molar-refractivity contribution in [1.29, 1.82) is 0 Å². The highest BCUT2D eigenvalue weighted by Gasteiger charge is 2.11. The molecule has 0 aliphatic rings. The van der Waals surface area contributed by atoms with Crippen LogP contribution in [0.15, 0.2) is 0 Å². The van der Waals surface area contributed by atoms with Crippen LogP contribution in [0.3, 0.4) is 0 Å². The topological polar surface area (TPSA) is 52.6 Å². The SMILES string of the molecule is CCCCCCCOC(=O)CCC(=O)OC(C)CC. The molecule has 0 amide bonds. The van der Waals surface area contributed by atoms with E-state index in [-0.39, 0.29) is 30.9 Å². The van der Waals surface area contributed by atoms with Gasteiger partial charge in [-0.3, -0.25) is 9.59 Å². The highest BCUT2D eigenvalue weighted by Crippen LogP contribution is 2.04.